The molecule has 1 aliphatic heterocycles. The largest absolute Gasteiger partial charge is 0.493 e. The van der Waals surface area contributed by atoms with Crippen molar-refractivity contribution < 1.29 is 9.47 Å². The summed E-state index contributed by atoms with van der Waals surface area (Å²) in [5.41, 5.74) is 15.3. The van der Waals surface area contributed by atoms with E-state index in [2.05, 4.69) is 30.2 Å². The molecule has 0 spiro atoms. The molecule has 0 amide bonds. The van der Waals surface area contributed by atoms with Crippen molar-refractivity contribution in [1.82, 2.24) is 5.32 Å². The molecule has 0 aromatic heterocycles. The second-order valence-electron chi connectivity index (χ2n) is 7.15. The molecule has 1 fully saturated rings. The van der Waals surface area contributed by atoms with Gasteiger partial charge in [-0.2, -0.15) is 0 Å². The van der Waals surface area contributed by atoms with Crippen molar-refractivity contribution in [3.05, 3.63) is 35.0 Å². The molecular weight excluding hydrogens is 316 g/mol. The summed E-state index contributed by atoms with van der Waals surface area (Å²) in [5, 5.41) is 3.02. The lowest BCUT2D eigenvalue weighted by Gasteiger charge is -2.33. The first kappa shape index (κ1) is 17.6. The van der Waals surface area contributed by atoms with Crippen LogP contribution in [0, 0.1) is 5.92 Å². The number of benzene rings is 1. The predicted molar refractivity (Wildman–Crippen MR) is 99.8 cm³/mol. The maximum absolute atomic E-state index is 6.67. The molecule has 2 aliphatic rings. The summed E-state index contributed by atoms with van der Waals surface area (Å²) in [7, 11) is 3.31. The van der Waals surface area contributed by atoms with Gasteiger partial charge in [0.1, 0.15) is 5.66 Å². The van der Waals surface area contributed by atoms with Gasteiger partial charge in [0.15, 0.2) is 17.5 Å². The van der Waals surface area contributed by atoms with Crippen LogP contribution < -0.4 is 26.3 Å². The third-order valence-electron chi connectivity index (χ3n) is 5.06. The second kappa shape index (κ2) is 6.59. The van der Waals surface area contributed by atoms with Crippen LogP contribution in [0.2, 0.25) is 0 Å². The third-order valence-corrected chi connectivity index (χ3v) is 5.06. The zero-order chi connectivity index (χ0) is 18.2. The highest BCUT2D eigenvalue weighted by Gasteiger charge is 2.46. The molecule has 1 aromatic rings. The minimum absolute atomic E-state index is 0.355. The van der Waals surface area contributed by atoms with Crippen LogP contribution in [0.25, 0.3) is 0 Å². The van der Waals surface area contributed by atoms with Crippen LogP contribution in [0.15, 0.2) is 28.9 Å². The van der Waals surface area contributed by atoms with Gasteiger partial charge < -0.3 is 26.3 Å². The molecule has 1 heterocycles. The molecule has 5 N–H and O–H groups in total. The zero-order valence-corrected chi connectivity index (χ0v) is 15.4. The number of guanidine groups is 1. The predicted octanol–water partition coefficient (Wildman–Crippen LogP) is 2.24. The Morgan fingerprint density at radius 1 is 1.24 bits per heavy atom. The van der Waals surface area contributed by atoms with E-state index in [0.717, 1.165) is 29.9 Å². The van der Waals surface area contributed by atoms with Crippen molar-refractivity contribution >= 4 is 5.96 Å². The fourth-order valence-corrected chi connectivity index (χ4v) is 3.48. The number of hydrogen-bond donors (Lipinski definition) is 3. The van der Waals surface area contributed by atoms with Gasteiger partial charge in [-0.05, 0) is 54.0 Å². The first-order valence-corrected chi connectivity index (χ1v) is 8.74. The van der Waals surface area contributed by atoms with E-state index in [4.69, 9.17) is 20.9 Å². The molecule has 1 atom stereocenters. The number of nitrogens with zero attached hydrogens (tertiary/aromatic N) is 1. The number of rotatable bonds is 6. The molecule has 6 nitrogen and oxygen atoms in total. The van der Waals surface area contributed by atoms with Crippen molar-refractivity contribution in [2.45, 2.75) is 44.7 Å². The van der Waals surface area contributed by atoms with Gasteiger partial charge >= 0.3 is 0 Å². The summed E-state index contributed by atoms with van der Waals surface area (Å²) in [6.07, 6.45) is 4.80. The zero-order valence-electron chi connectivity index (χ0n) is 15.4. The van der Waals surface area contributed by atoms with Crippen LogP contribution in [-0.4, -0.2) is 25.8 Å². The minimum Gasteiger partial charge on any atom is -0.493 e. The fraction of sp³-hybridized carbons (Fsp3) is 0.526. The van der Waals surface area contributed by atoms with Crippen molar-refractivity contribution in [2.24, 2.45) is 22.4 Å². The molecule has 1 saturated carbocycles. The molecule has 6 heteroatoms. The van der Waals surface area contributed by atoms with Gasteiger partial charge in [-0.3, -0.25) is 0 Å². The average Bonchev–Trinajstić information content (AvgIpc) is 3.42. The van der Waals surface area contributed by atoms with Crippen LogP contribution in [0.4, 0.5) is 0 Å². The highest BCUT2D eigenvalue weighted by atomic mass is 16.5. The van der Waals surface area contributed by atoms with E-state index in [-0.39, 0.29) is 0 Å². The Balaban J connectivity index is 1.99. The van der Waals surface area contributed by atoms with E-state index >= 15 is 0 Å². The summed E-state index contributed by atoms with van der Waals surface area (Å²) in [4.78, 5) is 4.54. The van der Waals surface area contributed by atoms with Gasteiger partial charge in [-0.1, -0.05) is 13.8 Å². The quantitative estimate of drug-likeness (QED) is 0.736. The Morgan fingerprint density at radius 3 is 2.44 bits per heavy atom. The molecule has 0 saturated heterocycles. The molecule has 1 aromatic carbocycles. The molecule has 136 valence electrons. The van der Waals surface area contributed by atoms with Crippen LogP contribution in [0.5, 0.6) is 11.5 Å². The molecule has 25 heavy (non-hydrogen) atoms. The van der Waals surface area contributed by atoms with Gasteiger partial charge in [0.05, 0.1) is 14.2 Å². The van der Waals surface area contributed by atoms with E-state index in [1.54, 1.807) is 14.2 Å². The average molecular weight is 344 g/mol. The number of nitrogens with two attached hydrogens (primary N) is 2. The van der Waals surface area contributed by atoms with E-state index in [9.17, 15) is 0 Å². The molecule has 0 radical (unpaired) electrons. The van der Waals surface area contributed by atoms with Gasteiger partial charge in [0, 0.05) is 12.1 Å². The molecule has 1 aliphatic carbocycles. The lowest BCUT2D eigenvalue weighted by atomic mass is 9.86. The normalized spacial score (nSPS) is 23.0. The Kier molecular flexibility index (Phi) is 4.64. The number of methoxy groups -OCH3 is 2. The Bertz CT molecular complexity index is 722. The van der Waals surface area contributed by atoms with Crippen molar-refractivity contribution in [2.75, 3.05) is 14.2 Å². The monoisotopic (exact) mass is 344 g/mol. The number of nitrogens with one attached hydrogen (secondary N) is 1. The molecular formula is C19H28N4O2. The lowest BCUT2D eigenvalue weighted by Crippen LogP contribution is -2.50. The standard InChI is InChI=1S/C19H28N4O2/c1-11(2)15-9-17(25-4)16(24-3)8-12(15)7-14-10-22-18(20)23-19(14,21)13-5-6-13/h8-11,13H,5-7,21H2,1-4H3,(H3,20,22,23). The maximum Gasteiger partial charge on any atom is 0.194 e. The van der Waals surface area contributed by atoms with E-state index < -0.39 is 5.66 Å². The maximum atomic E-state index is 6.67. The summed E-state index contributed by atoms with van der Waals surface area (Å²) >= 11 is 0. The Labute approximate surface area is 149 Å². The molecule has 0 bridgehead atoms. The topological polar surface area (TPSA) is 94.9 Å². The van der Waals surface area contributed by atoms with Crippen molar-refractivity contribution in [3.63, 3.8) is 0 Å². The summed E-state index contributed by atoms with van der Waals surface area (Å²) in [6, 6.07) is 4.10. The van der Waals surface area contributed by atoms with Crippen molar-refractivity contribution in [3.8, 4) is 11.5 Å². The first-order chi connectivity index (χ1) is 11.9. The Hall–Kier alpha value is -2.21. The second-order valence-corrected chi connectivity index (χ2v) is 7.15. The minimum atomic E-state index is -0.712. The number of hydrogen-bond acceptors (Lipinski definition) is 6. The SMILES string of the molecule is COc1cc(CC2=CNC(N)=NC2(N)C2CC2)c(C(C)C)cc1OC. The molecule has 3 rings (SSSR count). The number of aliphatic imine (C=N–C) groups is 1. The molecule has 1 unspecified atom stereocenters. The van der Waals surface area contributed by atoms with Gasteiger partial charge in [-0.15, -0.1) is 0 Å². The third kappa shape index (κ3) is 3.31. The van der Waals surface area contributed by atoms with Crippen LogP contribution >= 0.6 is 0 Å². The van der Waals surface area contributed by atoms with E-state index in [0.29, 0.717) is 24.2 Å². The lowest BCUT2D eigenvalue weighted by molar-refractivity contribution is 0.353. The Morgan fingerprint density at radius 2 is 1.88 bits per heavy atom. The first-order valence-electron chi connectivity index (χ1n) is 8.74. The highest BCUT2D eigenvalue weighted by Crippen LogP contribution is 2.45. The fourth-order valence-electron chi connectivity index (χ4n) is 3.48. The summed E-state index contributed by atoms with van der Waals surface area (Å²) in [6.45, 7) is 4.34. The number of ether oxygens (including phenoxy) is 2. The van der Waals surface area contributed by atoms with Crippen LogP contribution in [0.3, 0.4) is 0 Å². The van der Waals surface area contributed by atoms with Crippen molar-refractivity contribution in [1.29, 1.82) is 0 Å². The summed E-state index contributed by atoms with van der Waals surface area (Å²) in [5.74, 6) is 2.57. The van der Waals surface area contributed by atoms with Crippen LogP contribution in [-0.2, 0) is 6.42 Å². The van der Waals surface area contributed by atoms with Crippen LogP contribution in [0.1, 0.15) is 43.7 Å². The smallest absolute Gasteiger partial charge is 0.194 e. The highest BCUT2D eigenvalue weighted by molar-refractivity contribution is 5.81. The van der Waals surface area contributed by atoms with Gasteiger partial charge in [0.2, 0.25) is 0 Å². The van der Waals surface area contributed by atoms with Gasteiger partial charge in [0.25, 0.3) is 0 Å². The van der Waals surface area contributed by atoms with E-state index in [1.807, 2.05) is 12.3 Å². The van der Waals surface area contributed by atoms with E-state index in [1.165, 1.54) is 11.1 Å². The van der Waals surface area contributed by atoms with Gasteiger partial charge in [-0.25, -0.2) is 4.99 Å². The summed E-state index contributed by atoms with van der Waals surface area (Å²) < 4.78 is 11.0.